The average molecular weight is 278 g/mol. The van der Waals surface area contributed by atoms with Crippen LogP contribution in [0.2, 0.25) is 0 Å². The molecule has 104 valence electrons. The third-order valence-electron chi connectivity index (χ3n) is 4.09. The maximum Gasteiger partial charge on any atom is 0.137 e. The summed E-state index contributed by atoms with van der Waals surface area (Å²) >= 11 is 5.23. The zero-order valence-corrected chi connectivity index (χ0v) is 12.5. The second-order valence-corrected chi connectivity index (χ2v) is 6.50. The Kier molecular flexibility index (Phi) is 3.25. The zero-order valence-electron chi connectivity index (χ0n) is 11.7. The summed E-state index contributed by atoms with van der Waals surface area (Å²) in [5.74, 6) is 2.84. The molecule has 0 spiro atoms. The predicted molar refractivity (Wildman–Crippen MR) is 81.5 cm³/mol. The van der Waals surface area contributed by atoms with Gasteiger partial charge in [-0.3, -0.25) is 4.68 Å². The van der Waals surface area contributed by atoms with Gasteiger partial charge in [0, 0.05) is 20.1 Å². The first-order valence-corrected chi connectivity index (χ1v) is 7.55. The fraction of sp³-hybridized carbons (Fsp3) is 0.714. The van der Waals surface area contributed by atoms with E-state index in [0.29, 0.717) is 4.99 Å². The van der Waals surface area contributed by atoms with Crippen LogP contribution in [0, 0.1) is 18.8 Å². The molecule has 2 aliphatic carbocycles. The van der Waals surface area contributed by atoms with Crippen LogP contribution in [0.4, 0.5) is 5.82 Å². The maximum atomic E-state index is 5.91. The molecule has 2 aliphatic rings. The Morgan fingerprint density at radius 2 is 1.84 bits per heavy atom. The van der Waals surface area contributed by atoms with Gasteiger partial charge in [-0.1, -0.05) is 12.2 Å². The van der Waals surface area contributed by atoms with Crippen LogP contribution in [0.15, 0.2) is 0 Å². The van der Waals surface area contributed by atoms with Crippen molar-refractivity contribution in [2.24, 2.45) is 24.6 Å². The van der Waals surface area contributed by atoms with Crippen molar-refractivity contribution < 1.29 is 0 Å². The molecule has 3 rings (SSSR count). The van der Waals surface area contributed by atoms with Crippen LogP contribution in [0.1, 0.15) is 36.9 Å². The van der Waals surface area contributed by atoms with Gasteiger partial charge in [-0.2, -0.15) is 5.10 Å². The molecular formula is C14H22N4S. The summed E-state index contributed by atoms with van der Waals surface area (Å²) in [6.45, 7) is 4.25. The highest BCUT2D eigenvalue weighted by atomic mass is 32.1. The van der Waals surface area contributed by atoms with Gasteiger partial charge in [0.15, 0.2) is 0 Å². The van der Waals surface area contributed by atoms with Crippen molar-refractivity contribution in [3.05, 3.63) is 11.3 Å². The Morgan fingerprint density at radius 1 is 1.32 bits per heavy atom. The molecule has 2 saturated carbocycles. The molecule has 4 nitrogen and oxygen atoms in total. The van der Waals surface area contributed by atoms with Gasteiger partial charge in [0.05, 0.1) is 11.3 Å². The molecular weight excluding hydrogens is 256 g/mol. The molecule has 1 aromatic heterocycles. The van der Waals surface area contributed by atoms with Crippen molar-refractivity contribution in [3.63, 3.8) is 0 Å². The molecule has 0 aromatic carbocycles. The molecule has 0 radical (unpaired) electrons. The lowest BCUT2D eigenvalue weighted by Crippen LogP contribution is -2.32. The summed E-state index contributed by atoms with van der Waals surface area (Å²) in [7, 11) is 2.00. The van der Waals surface area contributed by atoms with E-state index < -0.39 is 0 Å². The van der Waals surface area contributed by atoms with E-state index in [1.54, 1.807) is 0 Å². The number of hydrogen-bond acceptors (Lipinski definition) is 3. The predicted octanol–water partition coefficient (Wildman–Crippen LogP) is 1.99. The molecule has 0 aliphatic heterocycles. The SMILES string of the molecule is Cc1nn(C)c(N(CC2CC2)CC2CC2)c1C(N)=S. The normalized spacial score (nSPS) is 18.6. The van der Waals surface area contributed by atoms with Crippen LogP contribution >= 0.6 is 12.2 Å². The molecule has 2 N–H and O–H groups in total. The van der Waals surface area contributed by atoms with E-state index >= 15 is 0 Å². The summed E-state index contributed by atoms with van der Waals surface area (Å²) in [6.07, 6.45) is 5.45. The highest BCUT2D eigenvalue weighted by Crippen LogP contribution is 2.37. The Labute approximate surface area is 119 Å². The molecule has 1 aromatic rings. The van der Waals surface area contributed by atoms with Gasteiger partial charge < -0.3 is 10.6 Å². The van der Waals surface area contributed by atoms with Crippen LogP contribution in [-0.4, -0.2) is 27.9 Å². The molecule has 19 heavy (non-hydrogen) atoms. The first-order chi connectivity index (χ1) is 9.06. The number of hydrogen-bond donors (Lipinski definition) is 1. The van der Waals surface area contributed by atoms with Crippen molar-refractivity contribution in [3.8, 4) is 0 Å². The van der Waals surface area contributed by atoms with Gasteiger partial charge in [-0.25, -0.2) is 0 Å². The fourth-order valence-corrected chi connectivity index (χ4v) is 3.01. The van der Waals surface area contributed by atoms with Gasteiger partial charge in [0.2, 0.25) is 0 Å². The standard InChI is InChI=1S/C14H22N4S/c1-9-12(13(15)19)14(17(2)16-9)18(7-10-3-4-10)8-11-5-6-11/h10-11H,3-8H2,1-2H3,(H2,15,19). The fourth-order valence-electron chi connectivity index (χ4n) is 2.77. The molecule has 0 atom stereocenters. The van der Waals surface area contributed by atoms with Gasteiger partial charge in [-0.05, 0) is 44.4 Å². The molecule has 2 fully saturated rings. The van der Waals surface area contributed by atoms with E-state index in [2.05, 4.69) is 10.00 Å². The Bertz CT molecular complexity index is 486. The third-order valence-corrected chi connectivity index (χ3v) is 4.29. The summed E-state index contributed by atoms with van der Waals surface area (Å²) in [5, 5.41) is 4.52. The number of anilines is 1. The van der Waals surface area contributed by atoms with Crippen LogP contribution in [0.25, 0.3) is 0 Å². The number of thiocarbonyl (C=S) groups is 1. The van der Waals surface area contributed by atoms with E-state index in [4.69, 9.17) is 18.0 Å². The third kappa shape index (κ3) is 2.76. The smallest absolute Gasteiger partial charge is 0.137 e. The topological polar surface area (TPSA) is 47.1 Å². The molecule has 0 unspecified atom stereocenters. The zero-order chi connectivity index (χ0) is 13.6. The number of aromatic nitrogens is 2. The van der Waals surface area contributed by atoms with Crippen molar-refractivity contribution in [2.45, 2.75) is 32.6 Å². The van der Waals surface area contributed by atoms with Gasteiger partial charge in [-0.15, -0.1) is 0 Å². The monoisotopic (exact) mass is 278 g/mol. The molecule has 0 bridgehead atoms. The van der Waals surface area contributed by atoms with Gasteiger partial charge >= 0.3 is 0 Å². The number of aryl methyl sites for hydroxylation is 2. The van der Waals surface area contributed by atoms with Crippen LogP contribution in [0.3, 0.4) is 0 Å². The maximum absolute atomic E-state index is 5.91. The summed E-state index contributed by atoms with van der Waals surface area (Å²) < 4.78 is 1.95. The second-order valence-electron chi connectivity index (χ2n) is 6.06. The van der Waals surface area contributed by atoms with Gasteiger partial charge in [0.25, 0.3) is 0 Å². The minimum absolute atomic E-state index is 0.470. The number of rotatable bonds is 6. The lowest BCUT2D eigenvalue weighted by molar-refractivity contribution is 0.639. The quantitative estimate of drug-likeness (QED) is 0.808. The Morgan fingerprint density at radius 3 is 2.26 bits per heavy atom. The Balaban J connectivity index is 1.92. The van der Waals surface area contributed by atoms with Crippen molar-refractivity contribution in [2.75, 3.05) is 18.0 Å². The first kappa shape index (κ1) is 12.9. The molecule has 1 heterocycles. The number of nitrogens with two attached hydrogens (primary N) is 1. The van der Waals surface area contributed by atoms with E-state index in [9.17, 15) is 0 Å². The minimum atomic E-state index is 0.470. The van der Waals surface area contributed by atoms with Crippen molar-refractivity contribution in [1.29, 1.82) is 0 Å². The van der Waals surface area contributed by atoms with Crippen molar-refractivity contribution in [1.82, 2.24) is 9.78 Å². The summed E-state index contributed by atoms with van der Waals surface area (Å²) in [6, 6.07) is 0. The minimum Gasteiger partial charge on any atom is -0.389 e. The van der Waals surface area contributed by atoms with E-state index in [1.165, 1.54) is 25.7 Å². The summed E-state index contributed by atoms with van der Waals surface area (Å²) in [4.78, 5) is 2.95. The highest BCUT2D eigenvalue weighted by molar-refractivity contribution is 7.80. The molecule has 0 amide bonds. The second kappa shape index (κ2) is 4.78. The van der Waals surface area contributed by atoms with E-state index in [-0.39, 0.29) is 0 Å². The largest absolute Gasteiger partial charge is 0.389 e. The van der Waals surface area contributed by atoms with E-state index in [1.807, 2.05) is 18.7 Å². The van der Waals surface area contributed by atoms with Crippen LogP contribution in [0.5, 0.6) is 0 Å². The lowest BCUT2D eigenvalue weighted by atomic mass is 10.2. The van der Waals surface area contributed by atoms with Gasteiger partial charge in [0.1, 0.15) is 10.8 Å². The lowest BCUT2D eigenvalue weighted by Gasteiger charge is -2.26. The molecule has 0 saturated heterocycles. The number of nitrogens with zero attached hydrogens (tertiary/aromatic N) is 3. The van der Waals surface area contributed by atoms with Crippen molar-refractivity contribution >= 4 is 23.0 Å². The molecule has 5 heteroatoms. The Hall–Kier alpha value is -1.10. The van der Waals surface area contributed by atoms with E-state index in [0.717, 1.165) is 42.0 Å². The van der Waals surface area contributed by atoms with Crippen LogP contribution in [-0.2, 0) is 7.05 Å². The van der Waals surface area contributed by atoms with Crippen LogP contribution < -0.4 is 10.6 Å². The highest BCUT2D eigenvalue weighted by Gasteiger charge is 2.32. The average Bonchev–Trinajstić information content (AvgIpc) is 3.20. The first-order valence-electron chi connectivity index (χ1n) is 7.14. The summed E-state index contributed by atoms with van der Waals surface area (Å²) in [5.41, 5.74) is 7.83.